The zero-order chi connectivity index (χ0) is 10.6. The third kappa shape index (κ3) is 7.85. The number of aliphatic hydroxyl groups is 1. The summed E-state index contributed by atoms with van der Waals surface area (Å²) in [5.41, 5.74) is -2.74. The van der Waals surface area contributed by atoms with Crippen molar-refractivity contribution in [3.8, 4) is 0 Å². The number of aliphatic carboxylic acids is 3. The second-order valence-corrected chi connectivity index (χ2v) is 2.48. The zero-order valence-electron chi connectivity index (χ0n) is 7.13. The van der Waals surface area contributed by atoms with Gasteiger partial charge in [0.25, 0.3) is 0 Å². The van der Waals surface area contributed by atoms with Crippen LogP contribution in [0.15, 0.2) is 0 Å². The number of hydrogen-bond donors (Lipinski definition) is 5. The van der Waals surface area contributed by atoms with Gasteiger partial charge < -0.3 is 26.6 Å². The molecule has 0 amide bonds. The van der Waals surface area contributed by atoms with E-state index in [1.54, 1.807) is 0 Å². The van der Waals surface area contributed by atoms with Crippen LogP contribution in [0, 0.1) is 0 Å². The van der Waals surface area contributed by atoms with Gasteiger partial charge in [0.15, 0.2) is 5.60 Å². The van der Waals surface area contributed by atoms with Gasteiger partial charge in [-0.1, -0.05) is 0 Å². The number of carbonyl (C=O) groups is 3. The number of rotatable bonds is 5. The van der Waals surface area contributed by atoms with Crippen LogP contribution in [-0.2, 0) is 14.4 Å². The Kier molecular flexibility index (Phi) is 11.1. The first-order valence-corrected chi connectivity index (χ1v) is 3.17. The quantitative estimate of drug-likeness (QED) is 0.358. The molecular weight excluding hydrogens is 237 g/mol. The molecule has 0 aliphatic rings. The van der Waals surface area contributed by atoms with E-state index in [-0.39, 0.29) is 57.5 Å². The summed E-state index contributed by atoms with van der Waals surface area (Å²) in [7, 11) is 0. The van der Waals surface area contributed by atoms with E-state index in [2.05, 4.69) is 0 Å². The Labute approximate surface area is 127 Å². The molecule has 0 atom stereocenters. The van der Waals surface area contributed by atoms with Gasteiger partial charge in [-0.2, -0.15) is 0 Å². The van der Waals surface area contributed by atoms with Gasteiger partial charge in [-0.25, -0.2) is 4.79 Å². The predicted octanol–water partition coefficient (Wildman–Crippen LogP) is -1.74. The number of hydrogen-bond acceptors (Lipinski definition) is 5. The summed E-state index contributed by atoms with van der Waals surface area (Å²) in [6, 6.07) is 0. The van der Waals surface area contributed by atoms with Crippen LogP contribution in [-0.4, -0.2) is 95.3 Å². The minimum atomic E-state index is -2.74. The Morgan fingerprint density at radius 2 is 1.20 bits per heavy atom. The van der Waals surface area contributed by atoms with Crippen molar-refractivity contribution in [3.05, 3.63) is 0 Å². The predicted molar refractivity (Wildman–Crippen MR) is 49.3 cm³/mol. The monoisotopic (exact) mass is 249 g/mol. The van der Waals surface area contributed by atoms with Gasteiger partial charge in [-0.3, -0.25) is 9.59 Å². The van der Waals surface area contributed by atoms with E-state index in [1.807, 2.05) is 0 Å². The van der Waals surface area contributed by atoms with Crippen LogP contribution < -0.4 is 6.15 Å². The molecule has 7 N–H and O–H groups in total. The van der Waals surface area contributed by atoms with Gasteiger partial charge >= 0.3 is 69.3 Å². The van der Waals surface area contributed by atoms with Crippen molar-refractivity contribution in [1.29, 1.82) is 0 Å². The van der Waals surface area contributed by atoms with E-state index in [1.165, 1.54) is 0 Å². The average molecular weight is 249 g/mol. The van der Waals surface area contributed by atoms with E-state index < -0.39 is 36.4 Å². The summed E-state index contributed by atoms with van der Waals surface area (Å²) in [5.74, 6) is -5.02. The molecule has 0 rings (SSSR count). The molecule has 0 aromatic heterocycles. The van der Waals surface area contributed by atoms with Gasteiger partial charge in [0.1, 0.15) is 0 Å². The van der Waals surface area contributed by atoms with E-state index in [9.17, 15) is 14.4 Å². The summed E-state index contributed by atoms with van der Waals surface area (Å²) in [6.45, 7) is 0. The summed E-state index contributed by atoms with van der Waals surface area (Å²) >= 11 is 0. The van der Waals surface area contributed by atoms with Crippen molar-refractivity contribution in [3.63, 3.8) is 0 Å². The Hall–Kier alpha value is -0.0336. The average Bonchev–Trinajstić information content (AvgIpc) is 1.82. The second kappa shape index (κ2) is 8.16. The third-order valence-corrected chi connectivity index (χ3v) is 1.29. The summed E-state index contributed by atoms with van der Waals surface area (Å²) in [5, 5.41) is 33.8. The third-order valence-electron chi connectivity index (χ3n) is 1.29. The molecule has 0 fully saturated rings. The molecule has 0 spiro atoms. The first kappa shape index (κ1) is 20.4. The molecule has 0 unspecified atom stereocenters. The molecule has 0 aromatic rings. The van der Waals surface area contributed by atoms with Crippen LogP contribution in [0.2, 0.25) is 0 Å². The van der Waals surface area contributed by atoms with Gasteiger partial charge in [0.2, 0.25) is 0 Å². The normalized spacial score (nSPS) is 9.40. The molecule has 0 saturated carbocycles. The van der Waals surface area contributed by atoms with Crippen molar-refractivity contribution in [1.82, 2.24) is 6.15 Å². The Morgan fingerprint density at radius 1 is 0.933 bits per heavy atom. The fraction of sp³-hybridized carbons (Fsp3) is 0.500. The molecule has 0 bridgehead atoms. The van der Waals surface area contributed by atoms with Crippen molar-refractivity contribution in [2.24, 2.45) is 0 Å². The van der Waals surface area contributed by atoms with Crippen LogP contribution in [0.5, 0.6) is 0 Å². The van der Waals surface area contributed by atoms with Crippen LogP contribution in [0.1, 0.15) is 12.8 Å². The molecule has 15 heavy (non-hydrogen) atoms. The topological polar surface area (TPSA) is 167 Å². The van der Waals surface area contributed by atoms with Gasteiger partial charge in [-0.05, 0) is 0 Å². The SMILES string of the molecule is N.O=C(O)CC(O)(CC(=O)O)C(=O)O.[KH]. The van der Waals surface area contributed by atoms with Crippen molar-refractivity contribution < 1.29 is 34.8 Å². The first-order valence-electron chi connectivity index (χ1n) is 3.17. The fourth-order valence-electron chi connectivity index (χ4n) is 0.714. The molecular formula is C6H12KNO7. The maximum atomic E-state index is 10.3. The second-order valence-electron chi connectivity index (χ2n) is 2.48. The van der Waals surface area contributed by atoms with Crippen LogP contribution in [0.4, 0.5) is 0 Å². The van der Waals surface area contributed by atoms with Gasteiger partial charge in [-0.15, -0.1) is 0 Å². The summed E-state index contributed by atoms with van der Waals surface area (Å²) in [4.78, 5) is 30.5. The molecule has 0 saturated heterocycles. The summed E-state index contributed by atoms with van der Waals surface area (Å²) < 4.78 is 0. The summed E-state index contributed by atoms with van der Waals surface area (Å²) in [6.07, 6.45) is -2.29. The molecule has 9 heteroatoms. The van der Waals surface area contributed by atoms with Crippen molar-refractivity contribution in [2.75, 3.05) is 0 Å². The van der Waals surface area contributed by atoms with E-state index in [0.717, 1.165) is 0 Å². The Bertz CT molecular complexity index is 238. The Balaban J connectivity index is -0.000000720. The standard InChI is InChI=1S/C6H8O7.K.H3N.H/c7-3(8)1-6(13,5(11)12)2-4(9)10;;;/h13H,1-2H2,(H,7,8)(H,9,10)(H,11,12);;1H3;. The number of carboxylic acid groups (broad SMARTS) is 3. The molecule has 0 aliphatic heterocycles. The molecule has 8 nitrogen and oxygen atoms in total. The fourth-order valence-corrected chi connectivity index (χ4v) is 0.714. The molecule has 0 aromatic carbocycles. The van der Waals surface area contributed by atoms with Gasteiger partial charge in [0, 0.05) is 0 Å². The van der Waals surface area contributed by atoms with Crippen LogP contribution in [0.25, 0.3) is 0 Å². The molecule has 0 heterocycles. The zero-order valence-corrected chi connectivity index (χ0v) is 7.13. The molecule has 0 radical (unpaired) electrons. The van der Waals surface area contributed by atoms with Crippen molar-refractivity contribution >= 4 is 69.3 Å². The molecule has 0 aliphatic carbocycles. The minimum absolute atomic E-state index is 0. The first-order chi connectivity index (χ1) is 5.78. The van der Waals surface area contributed by atoms with Crippen LogP contribution >= 0.6 is 0 Å². The number of carboxylic acids is 3. The van der Waals surface area contributed by atoms with Crippen molar-refractivity contribution in [2.45, 2.75) is 18.4 Å². The molecule has 84 valence electrons. The van der Waals surface area contributed by atoms with E-state index in [0.29, 0.717) is 0 Å². The Morgan fingerprint density at radius 3 is 1.33 bits per heavy atom. The van der Waals surface area contributed by atoms with E-state index in [4.69, 9.17) is 20.4 Å². The van der Waals surface area contributed by atoms with Gasteiger partial charge in [0.05, 0.1) is 12.8 Å². The maximum absolute atomic E-state index is 10.3. The van der Waals surface area contributed by atoms with Crippen LogP contribution in [0.3, 0.4) is 0 Å². The van der Waals surface area contributed by atoms with E-state index >= 15 is 0 Å².